The Morgan fingerprint density at radius 2 is 2.23 bits per heavy atom. The van der Waals surface area contributed by atoms with Crippen LogP contribution >= 0.6 is 0 Å². The van der Waals surface area contributed by atoms with Crippen molar-refractivity contribution in [2.75, 3.05) is 20.3 Å². The van der Waals surface area contributed by atoms with Crippen molar-refractivity contribution in [1.82, 2.24) is 0 Å². The predicted octanol–water partition coefficient (Wildman–Crippen LogP) is 3.64. The monoisotopic (exact) mass is 361 g/mol. The molecule has 0 bridgehead atoms. The Balaban J connectivity index is 1.64. The number of hydrogen-bond acceptors (Lipinski definition) is 6. The number of carbonyl (C=O) groups excluding carboxylic acids is 1. The van der Waals surface area contributed by atoms with Gasteiger partial charge in [-0.05, 0) is 49.7 Å². The molecule has 1 aliphatic heterocycles. The maximum Gasteiger partial charge on any atom is 0.345 e. The average molecular weight is 361 g/mol. The number of nitrogens with zero attached hydrogens (tertiary/aromatic N) is 1. The van der Waals surface area contributed by atoms with Gasteiger partial charge in [0.05, 0.1) is 18.6 Å². The van der Waals surface area contributed by atoms with E-state index in [2.05, 4.69) is 0 Å². The minimum absolute atomic E-state index is 0.0388. The first-order valence-corrected chi connectivity index (χ1v) is 8.91. The van der Waals surface area contributed by atoms with E-state index in [1.807, 2.05) is 6.08 Å². The summed E-state index contributed by atoms with van der Waals surface area (Å²) in [7, 11) is 1.23. The van der Waals surface area contributed by atoms with Crippen molar-refractivity contribution in [2.45, 2.75) is 44.8 Å². The number of ether oxygens (including phenoxy) is 3. The van der Waals surface area contributed by atoms with Crippen LogP contribution in [0.1, 0.15) is 53.6 Å². The molecule has 1 atom stereocenters. The number of esters is 1. The molecule has 1 fully saturated rings. The molecule has 0 amide bonds. The van der Waals surface area contributed by atoms with Gasteiger partial charge in [-0.25, -0.2) is 4.79 Å². The van der Waals surface area contributed by atoms with Crippen molar-refractivity contribution in [1.29, 1.82) is 0 Å². The van der Waals surface area contributed by atoms with E-state index in [9.17, 15) is 14.9 Å². The molecule has 1 aromatic rings. The first-order chi connectivity index (χ1) is 12.6. The van der Waals surface area contributed by atoms with Crippen molar-refractivity contribution < 1.29 is 23.9 Å². The molecule has 140 valence electrons. The van der Waals surface area contributed by atoms with E-state index in [-0.39, 0.29) is 17.5 Å². The molecule has 1 saturated heterocycles. The standard InChI is InChI=1S/C19H23NO6/c1-24-19(21)18-15-12-13(11-14(15)7-8-16(18)20(22)23)5-4-10-26-17-6-2-3-9-25-17/h7-8,12,17H,2-6,9-11H2,1H3. The molecule has 0 saturated carbocycles. The molecule has 1 aromatic carbocycles. The van der Waals surface area contributed by atoms with Gasteiger partial charge in [-0.3, -0.25) is 10.1 Å². The van der Waals surface area contributed by atoms with Crippen molar-refractivity contribution in [2.24, 2.45) is 0 Å². The number of fused-ring (bicyclic) bond motifs is 1. The zero-order chi connectivity index (χ0) is 18.5. The normalized spacial score (nSPS) is 19.0. The maximum atomic E-state index is 12.1. The van der Waals surface area contributed by atoms with E-state index in [4.69, 9.17) is 14.2 Å². The van der Waals surface area contributed by atoms with Crippen LogP contribution in [0.2, 0.25) is 0 Å². The molecule has 7 heteroatoms. The summed E-state index contributed by atoms with van der Waals surface area (Å²) in [6.07, 6.45) is 7.32. The summed E-state index contributed by atoms with van der Waals surface area (Å²) < 4.78 is 16.0. The topological polar surface area (TPSA) is 87.9 Å². The van der Waals surface area contributed by atoms with Gasteiger partial charge in [0.25, 0.3) is 5.69 Å². The molecule has 0 N–H and O–H groups in total. The quantitative estimate of drug-likeness (QED) is 0.319. The Morgan fingerprint density at radius 3 is 2.92 bits per heavy atom. The van der Waals surface area contributed by atoms with Crippen LogP contribution in [0, 0.1) is 10.1 Å². The number of carbonyl (C=O) groups is 1. The third-order valence-corrected chi connectivity index (χ3v) is 4.75. The molecule has 2 aliphatic rings. The van der Waals surface area contributed by atoms with Gasteiger partial charge in [0.2, 0.25) is 0 Å². The van der Waals surface area contributed by atoms with Crippen molar-refractivity contribution >= 4 is 17.7 Å². The number of benzene rings is 1. The fourth-order valence-electron chi connectivity index (χ4n) is 3.46. The Morgan fingerprint density at radius 1 is 1.38 bits per heavy atom. The number of allylic oxidation sites excluding steroid dienone is 1. The van der Waals surface area contributed by atoms with Crippen LogP contribution in [0.4, 0.5) is 5.69 Å². The number of hydrogen-bond donors (Lipinski definition) is 0. The highest BCUT2D eigenvalue weighted by atomic mass is 16.7. The average Bonchev–Trinajstić information content (AvgIpc) is 3.07. The van der Waals surface area contributed by atoms with E-state index in [0.717, 1.165) is 49.8 Å². The third-order valence-electron chi connectivity index (χ3n) is 4.75. The zero-order valence-corrected chi connectivity index (χ0v) is 14.9. The first kappa shape index (κ1) is 18.5. The fraction of sp³-hybridized carbons (Fsp3) is 0.526. The second-order valence-electron chi connectivity index (χ2n) is 6.53. The lowest BCUT2D eigenvalue weighted by Crippen LogP contribution is -2.22. The van der Waals surface area contributed by atoms with Crippen LogP contribution in [0.3, 0.4) is 0 Å². The summed E-state index contributed by atoms with van der Waals surface area (Å²) >= 11 is 0. The van der Waals surface area contributed by atoms with Crippen LogP contribution in [-0.2, 0) is 20.6 Å². The minimum atomic E-state index is -0.677. The summed E-state index contributed by atoms with van der Waals surface area (Å²) in [4.78, 5) is 22.7. The predicted molar refractivity (Wildman–Crippen MR) is 94.9 cm³/mol. The number of methoxy groups -OCH3 is 1. The van der Waals surface area contributed by atoms with Crippen LogP contribution < -0.4 is 0 Å². The molecule has 7 nitrogen and oxygen atoms in total. The Kier molecular flexibility index (Phi) is 6.00. The van der Waals surface area contributed by atoms with Gasteiger partial charge < -0.3 is 14.2 Å². The molecule has 0 spiro atoms. The van der Waals surface area contributed by atoms with Crippen molar-refractivity contribution in [3.05, 3.63) is 44.5 Å². The van der Waals surface area contributed by atoms with Crippen LogP contribution in [-0.4, -0.2) is 37.5 Å². The van der Waals surface area contributed by atoms with Crippen LogP contribution in [0.5, 0.6) is 0 Å². The zero-order valence-electron chi connectivity index (χ0n) is 14.9. The number of nitro groups is 1. The highest BCUT2D eigenvalue weighted by molar-refractivity contribution is 5.99. The second-order valence-corrected chi connectivity index (χ2v) is 6.53. The lowest BCUT2D eigenvalue weighted by molar-refractivity contribution is -0.385. The summed E-state index contributed by atoms with van der Waals surface area (Å²) in [5, 5.41) is 11.2. The van der Waals surface area contributed by atoms with Gasteiger partial charge in [-0.1, -0.05) is 17.7 Å². The Bertz CT molecular complexity index is 721. The van der Waals surface area contributed by atoms with E-state index in [0.29, 0.717) is 18.6 Å². The molecule has 1 aliphatic carbocycles. The maximum absolute atomic E-state index is 12.1. The smallest absolute Gasteiger partial charge is 0.345 e. The van der Waals surface area contributed by atoms with E-state index < -0.39 is 10.9 Å². The fourth-order valence-corrected chi connectivity index (χ4v) is 3.46. The molecule has 1 unspecified atom stereocenters. The molecule has 0 aromatic heterocycles. The third kappa shape index (κ3) is 4.11. The highest BCUT2D eigenvalue weighted by Gasteiger charge is 2.29. The SMILES string of the molecule is COC(=O)c1c([N+](=O)[O-])ccc2c1C=C(CCCOC1CCCCO1)C2. The van der Waals surface area contributed by atoms with Crippen molar-refractivity contribution in [3.63, 3.8) is 0 Å². The van der Waals surface area contributed by atoms with Gasteiger partial charge in [0, 0.05) is 12.7 Å². The van der Waals surface area contributed by atoms with Gasteiger partial charge in [-0.2, -0.15) is 0 Å². The van der Waals surface area contributed by atoms with E-state index in [1.54, 1.807) is 6.07 Å². The van der Waals surface area contributed by atoms with Crippen LogP contribution in [0.15, 0.2) is 17.7 Å². The number of rotatable bonds is 7. The molecule has 1 heterocycles. The summed E-state index contributed by atoms with van der Waals surface area (Å²) in [5.74, 6) is -0.677. The van der Waals surface area contributed by atoms with Gasteiger partial charge in [0.15, 0.2) is 6.29 Å². The minimum Gasteiger partial charge on any atom is -0.465 e. The molecular weight excluding hydrogens is 338 g/mol. The highest BCUT2D eigenvalue weighted by Crippen LogP contribution is 2.35. The summed E-state index contributed by atoms with van der Waals surface area (Å²) in [6.45, 7) is 1.38. The van der Waals surface area contributed by atoms with E-state index in [1.165, 1.54) is 13.2 Å². The lowest BCUT2D eigenvalue weighted by Gasteiger charge is -2.22. The van der Waals surface area contributed by atoms with Gasteiger partial charge >= 0.3 is 5.97 Å². The first-order valence-electron chi connectivity index (χ1n) is 8.91. The summed E-state index contributed by atoms with van der Waals surface area (Å²) in [6, 6.07) is 3.10. The van der Waals surface area contributed by atoms with Crippen LogP contribution in [0.25, 0.3) is 6.08 Å². The Labute approximate surface area is 152 Å². The lowest BCUT2D eigenvalue weighted by atomic mass is 10.0. The molecule has 3 rings (SSSR count). The second kappa shape index (κ2) is 8.42. The molecular formula is C19H23NO6. The summed E-state index contributed by atoms with van der Waals surface area (Å²) in [5.41, 5.74) is 2.49. The molecule has 0 radical (unpaired) electrons. The van der Waals surface area contributed by atoms with E-state index >= 15 is 0 Å². The Hall–Kier alpha value is -2.25. The van der Waals surface area contributed by atoms with Crippen molar-refractivity contribution in [3.8, 4) is 0 Å². The molecule has 26 heavy (non-hydrogen) atoms. The largest absolute Gasteiger partial charge is 0.465 e. The van der Waals surface area contributed by atoms with Gasteiger partial charge in [0.1, 0.15) is 5.56 Å². The van der Waals surface area contributed by atoms with Gasteiger partial charge in [-0.15, -0.1) is 0 Å². The number of nitro benzene ring substituents is 1.